The number of esters is 1. The van der Waals surface area contributed by atoms with Crippen molar-refractivity contribution in [1.29, 1.82) is 0 Å². The maximum atomic E-state index is 11.0. The predicted octanol–water partition coefficient (Wildman–Crippen LogP) is 1.70. The average Bonchev–Trinajstić information content (AvgIpc) is 2.40. The minimum Gasteiger partial charge on any atom is -0.481 e. The first kappa shape index (κ1) is 16.2. The van der Waals surface area contributed by atoms with Gasteiger partial charge in [-0.1, -0.05) is 24.3 Å². The van der Waals surface area contributed by atoms with E-state index in [1.165, 1.54) is 7.11 Å². The number of benzene rings is 1. The Hall–Kier alpha value is -1.88. The van der Waals surface area contributed by atoms with E-state index in [2.05, 4.69) is 9.64 Å². The third-order valence-electron chi connectivity index (χ3n) is 3.05. The minimum atomic E-state index is -0.828. The van der Waals surface area contributed by atoms with Crippen molar-refractivity contribution in [2.24, 2.45) is 0 Å². The van der Waals surface area contributed by atoms with E-state index in [9.17, 15) is 9.59 Å². The van der Waals surface area contributed by atoms with Crippen LogP contribution in [0.5, 0.6) is 0 Å². The first-order chi connectivity index (χ1) is 9.52. The van der Waals surface area contributed by atoms with Crippen molar-refractivity contribution < 1.29 is 19.4 Å². The number of aliphatic carboxylic acids is 1. The first-order valence-electron chi connectivity index (χ1n) is 6.57. The molecule has 1 rings (SSSR count). The maximum Gasteiger partial charge on any atom is 0.307 e. The minimum absolute atomic E-state index is 0.0339. The van der Waals surface area contributed by atoms with E-state index < -0.39 is 5.97 Å². The highest BCUT2D eigenvalue weighted by molar-refractivity contribution is 5.70. The molecule has 0 saturated carbocycles. The molecule has 5 heteroatoms. The molecule has 0 aliphatic rings. The predicted molar refractivity (Wildman–Crippen MR) is 75.4 cm³/mol. The molecule has 5 nitrogen and oxygen atoms in total. The highest BCUT2D eigenvalue weighted by atomic mass is 16.5. The number of methoxy groups -OCH3 is 1. The van der Waals surface area contributed by atoms with Gasteiger partial charge in [-0.05, 0) is 31.1 Å². The van der Waals surface area contributed by atoms with Crippen molar-refractivity contribution >= 4 is 11.9 Å². The summed E-state index contributed by atoms with van der Waals surface area (Å²) in [7, 11) is 3.34. The molecule has 0 saturated heterocycles. The standard InChI is InChI=1S/C15H21NO4/c1-16(9-5-8-15(19)20-2)11-13-7-4-3-6-12(13)10-14(17)18/h3-4,6-7H,5,8-11H2,1-2H3,(H,17,18). The number of carbonyl (C=O) groups excluding carboxylic acids is 1. The molecule has 110 valence electrons. The zero-order valence-electron chi connectivity index (χ0n) is 12.0. The normalized spacial score (nSPS) is 10.6. The SMILES string of the molecule is COC(=O)CCCN(C)Cc1ccccc1CC(=O)O. The Bertz CT molecular complexity index is 459. The van der Waals surface area contributed by atoms with Crippen LogP contribution in [-0.2, 0) is 27.3 Å². The number of carboxylic acids is 1. The van der Waals surface area contributed by atoms with E-state index in [4.69, 9.17) is 5.11 Å². The second kappa shape index (κ2) is 8.32. The molecule has 1 aromatic carbocycles. The molecule has 0 radical (unpaired) electrons. The Morgan fingerprint density at radius 2 is 1.90 bits per heavy atom. The van der Waals surface area contributed by atoms with Crippen LogP contribution in [0.2, 0.25) is 0 Å². The van der Waals surface area contributed by atoms with Gasteiger partial charge in [-0.15, -0.1) is 0 Å². The number of nitrogens with zero attached hydrogens (tertiary/aromatic N) is 1. The average molecular weight is 279 g/mol. The van der Waals surface area contributed by atoms with Crippen molar-refractivity contribution in [3.05, 3.63) is 35.4 Å². The molecule has 0 unspecified atom stereocenters. The lowest BCUT2D eigenvalue weighted by Crippen LogP contribution is -2.21. The number of rotatable bonds is 8. The lowest BCUT2D eigenvalue weighted by Gasteiger charge is -2.18. The van der Waals surface area contributed by atoms with Gasteiger partial charge in [0.1, 0.15) is 0 Å². The molecule has 0 bridgehead atoms. The number of carbonyl (C=O) groups is 2. The number of hydrogen-bond donors (Lipinski definition) is 1. The third kappa shape index (κ3) is 5.84. The van der Waals surface area contributed by atoms with E-state index in [0.717, 1.165) is 24.1 Å². The van der Waals surface area contributed by atoms with Gasteiger partial charge < -0.3 is 14.7 Å². The van der Waals surface area contributed by atoms with Gasteiger partial charge in [0.2, 0.25) is 0 Å². The van der Waals surface area contributed by atoms with Gasteiger partial charge in [0.05, 0.1) is 13.5 Å². The molecule has 1 N–H and O–H groups in total. The van der Waals surface area contributed by atoms with Crippen molar-refractivity contribution in [2.75, 3.05) is 20.7 Å². The molecule has 0 aliphatic heterocycles. The molecule has 1 aromatic rings. The second-order valence-electron chi connectivity index (χ2n) is 4.76. The highest BCUT2D eigenvalue weighted by Gasteiger charge is 2.09. The van der Waals surface area contributed by atoms with Crippen molar-refractivity contribution in [3.63, 3.8) is 0 Å². The molecule has 0 aromatic heterocycles. The number of hydrogen-bond acceptors (Lipinski definition) is 4. The third-order valence-corrected chi connectivity index (χ3v) is 3.05. The molecule has 0 atom stereocenters. The van der Waals surface area contributed by atoms with Crippen LogP contribution in [0.3, 0.4) is 0 Å². The first-order valence-corrected chi connectivity index (χ1v) is 6.57. The van der Waals surface area contributed by atoms with E-state index >= 15 is 0 Å². The quantitative estimate of drug-likeness (QED) is 0.734. The molecule has 0 amide bonds. The van der Waals surface area contributed by atoms with Gasteiger partial charge in [0, 0.05) is 13.0 Å². The summed E-state index contributed by atoms with van der Waals surface area (Å²) in [5.74, 6) is -1.03. The fraction of sp³-hybridized carbons (Fsp3) is 0.467. The summed E-state index contributed by atoms with van der Waals surface area (Å²) < 4.78 is 4.59. The van der Waals surface area contributed by atoms with Crippen LogP contribution in [0, 0.1) is 0 Å². The van der Waals surface area contributed by atoms with Gasteiger partial charge in [-0.25, -0.2) is 0 Å². The molecular formula is C15H21NO4. The summed E-state index contributed by atoms with van der Waals surface area (Å²) in [4.78, 5) is 23.9. The molecule has 0 aliphatic carbocycles. The van der Waals surface area contributed by atoms with Crippen molar-refractivity contribution in [1.82, 2.24) is 4.90 Å². The lowest BCUT2D eigenvalue weighted by molar-refractivity contribution is -0.141. The zero-order valence-corrected chi connectivity index (χ0v) is 12.0. The van der Waals surface area contributed by atoms with Gasteiger partial charge >= 0.3 is 11.9 Å². The Labute approximate surface area is 119 Å². The summed E-state index contributed by atoms with van der Waals surface area (Å²) in [6.45, 7) is 1.43. The summed E-state index contributed by atoms with van der Waals surface area (Å²) in [5, 5.41) is 8.89. The fourth-order valence-electron chi connectivity index (χ4n) is 2.01. The van der Waals surface area contributed by atoms with Crippen LogP contribution >= 0.6 is 0 Å². The van der Waals surface area contributed by atoms with E-state index in [1.807, 2.05) is 31.3 Å². The molecule has 0 spiro atoms. The number of ether oxygens (including phenoxy) is 1. The van der Waals surface area contributed by atoms with E-state index in [1.54, 1.807) is 0 Å². The Morgan fingerprint density at radius 1 is 1.25 bits per heavy atom. The highest BCUT2D eigenvalue weighted by Crippen LogP contribution is 2.12. The summed E-state index contributed by atoms with van der Waals surface area (Å²) in [5.41, 5.74) is 1.84. The zero-order chi connectivity index (χ0) is 15.0. The van der Waals surface area contributed by atoms with Crippen LogP contribution in [0.4, 0.5) is 0 Å². The monoisotopic (exact) mass is 279 g/mol. The molecule has 0 fully saturated rings. The van der Waals surface area contributed by atoms with E-state index in [0.29, 0.717) is 13.0 Å². The largest absolute Gasteiger partial charge is 0.481 e. The summed E-state index contributed by atoms with van der Waals surface area (Å²) in [6.07, 6.45) is 1.16. The van der Waals surface area contributed by atoms with Gasteiger partial charge in [0.25, 0.3) is 0 Å². The smallest absolute Gasteiger partial charge is 0.307 e. The van der Waals surface area contributed by atoms with Crippen molar-refractivity contribution in [3.8, 4) is 0 Å². The van der Waals surface area contributed by atoms with Crippen LogP contribution in [0.25, 0.3) is 0 Å². The lowest BCUT2D eigenvalue weighted by atomic mass is 10.0. The van der Waals surface area contributed by atoms with Crippen LogP contribution in [0.1, 0.15) is 24.0 Å². The Balaban J connectivity index is 2.50. The van der Waals surface area contributed by atoms with E-state index in [-0.39, 0.29) is 12.4 Å². The molecular weight excluding hydrogens is 258 g/mol. The van der Waals surface area contributed by atoms with Crippen LogP contribution in [-0.4, -0.2) is 42.6 Å². The van der Waals surface area contributed by atoms with Crippen LogP contribution < -0.4 is 0 Å². The molecule has 0 heterocycles. The Kier molecular flexibility index (Phi) is 6.73. The topological polar surface area (TPSA) is 66.8 Å². The number of carboxylic acid groups (broad SMARTS) is 1. The summed E-state index contributed by atoms with van der Waals surface area (Å²) >= 11 is 0. The van der Waals surface area contributed by atoms with Gasteiger partial charge in [0.15, 0.2) is 0 Å². The second-order valence-corrected chi connectivity index (χ2v) is 4.76. The summed E-state index contributed by atoms with van der Waals surface area (Å²) in [6, 6.07) is 7.53. The Morgan fingerprint density at radius 3 is 2.50 bits per heavy atom. The molecule has 20 heavy (non-hydrogen) atoms. The van der Waals surface area contributed by atoms with Gasteiger partial charge in [-0.3, -0.25) is 9.59 Å². The van der Waals surface area contributed by atoms with Crippen LogP contribution in [0.15, 0.2) is 24.3 Å². The van der Waals surface area contributed by atoms with Gasteiger partial charge in [-0.2, -0.15) is 0 Å². The van der Waals surface area contributed by atoms with Crippen molar-refractivity contribution in [2.45, 2.75) is 25.8 Å². The fourth-order valence-corrected chi connectivity index (χ4v) is 2.01. The maximum absolute atomic E-state index is 11.0.